The highest BCUT2D eigenvalue weighted by molar-refractivity contribution is 9.10. The molecule has 0 saturated carbocycles. The number of para-hydroxylation sites is 2. The number of ether oxygens (including phenoxy) is 2. The summed E-state index contributed by atoms with van der Waals surface area (Å²) < 4.78 is 11.5. The van der Waals surface area contributed by atoms with Crippen molar-refractivity contribution in [2.45, 2.75) is 6.10 Å². The lowest BCUT2D eigenvalue weighted by atomic mass is 10.2. The summed E-state index contributed by atoms with van der Waals surface area (Å²) in [5, 5.41) is 13.4. The third-order valence-corrected chi connectivity index (χ3v) is 3.88. The Morgan fingerprint density at radius 2 is 2.00 bits per heavy atom. The van der Waals surface area contributed by atoms with Crippen molar-refractivity contribution < 1.29 is 19.2 Å². The molecule has 8 heteroatoms. The average molecular weight is 379 g/mol. The molecule has 118 valence electrons. The van der Waals surface area contributed by atoms with Gasteiger partial charge in [-0.15, -0.1) is 0 Å². The van der Waals surface area contributed by atoms with Gasteiger partial charge in [-0.3, -0.25) is 14.9 Å². The Morgan fingerprint density at radius 1 is 1.26 bits per heavy atom. The molecule has 0 unspecified atom stereocenters. The van der Waals surface area contributed by atoms with E-state index in [1.54, 1.807) is 18.2 Å². The van der Waals surface area contributed by atoms with Crippen molar-refractivity contribution >= 4 is 33.2 Å². The van der Waals surface area contributed by atoms with Crippen LogP contribution in [0, 0.1) is 10.1 Å². The smallest absolute Gasteiger partial charge is 0.270 e. The number of nitrogens with zero attached hydrogens (tertiary/aromatic N) is 1. The van der Waals surface area contributed by atoms with Gasteiger partial charge in [-0.05, 0) is 34.1 Å². The lowest BCUT2D eigenvalue weighted by molar-refractivity contribution is -0.384. The predicted octanol–water partition coefficient (Wildman–Crippen LogP) is 3.14. The van der Waals surface area contributed by atoms with Crippen LogP contribution >= 0.6 is 15.9 Å². The van der Waals surface area contributed by atoms with Crippen molar-refractivity contribution in [1.82, 2.24) is 0 Å². The van der Waals surface area contributed by atoms with Crippen molar-refractivity contribution in [3.05, 3.63) is 57.1 Å². The lowest BCUT2D eigenvalue weighted by Gasteiger charge is -2.25. The van der Waals surface area contributed by atoms with E-state index in [0.29, 0.717) is 21.7 Å². The number of hydrogen-bond donors (Lipinski definition) is 1. The van der Waals surface area contributed by atoms with Gasteiger partial charge in [-0.2, -0.15) is 0 Å². The van der Waals surface area contributed by atoms with Crippen LogP contribution in [-0.2, 0) is 4.79 Å². The number of nitro groups is 1. The first-order valence-corrected chi connectivity index (χ1v) is 7.47. The Labute approximate surface area is 139 Å². The van der Waals surface area contributed by atoms with Gasteiger partial charge in [0, 0.05) is 16.6 Å². The zero-order valence-electron chi connectivity index (χ0n) is 11.7. The Bertz CT molecular complexity index is 780. The molecule has 0 spiro atoms. The monoisotopic (exact) mass is 378 g/mol. The molecule has 7 nitrogen and oxygen atoms in total. The van der Waals surface area contributed by atoms with E-state index in [4.69, 9.17) is 9.47 Å². The molecule has 0 aliphatic carbocycles. The predicted molar refractivity (Wildman–Crippen MR) is 85.8 cm³/mol. The van der Waals surface area contributed by atoms with Crippen LogP contribution < -0.4 is 14.8 Å². The van der Waals surface area contributed by atoms with E-state index in [1.165, 1.54) is 18.2 Å². The number of hydrogen-bond acceptors (Lipinski definition) is 5. The Morgan fingerprint density at radius 3 is 2.70 bits per heavy atom. The highest BCUT2D eigenvalue weighted by atomic mass is 79.9. The van der Waals surface area contributed by atoms with Crippen LogP contribution in [0.1, 0.15) is 0 Å². The number of carbonyl (C=O) groups is 1. The number of nitrogens with one attached hydrogen (secondary N) is 1. The molecule has 0 fully saturated rings. The third-order valence-electron chi connectivity index (χ3n) is 3.22. The highest BCUT2D eigenvalue weighted by Gasteiger charge is 2.27. The van der Waals surface area contributed by atoms with Gasteiger partial charge >= 0.3 is 0 Å². The van der Waals surface area contributed by atoms with Gasteiger partial charge in [0.15, 0.2) is 11.5 Å². The molecule has 1 heterocycles. The topological polar surface area (TPSA) is 90.7 Å². The summed E-state index contributed by atoms with van der Waals surface area (Å²) in [6.45, 7) is 0.0907. The molecule has 1 amide bonds. The molecule has 3 rings (SSSR count). The Hall–Kier alpha value is -2.61. The molecule has 0 radical (unpaired) electrons. The van der Waals surface area contributed by atoms with Gasteiger partial charge < -0.3 is 14.8 Å². The molecular weight excluding hydrogens is 368 g/mol. The SMILES string of the molecule is O=C(Nc1ccc([N+](=O)[O-])cc1Br)[C@H]1COc2ccccc2O1. The molecule has 0 bridgehead atoms. The summed E-state index contributed by atoms with van der Waals surface area (Å²) >= 11 is 3.20. The molecule has 0 aromatic heterocycles. The van der Waals surface area contributed by atoms with Crippen LogP contribution in [0.3, 0.4) is 0 Å². The van der Waals surface area contributed by atoms with Crippen LogP contribution in [0.5, 0.6) is 11.5 Å². The third kappa shape index (κ3) is 3.26. The fourth-order valence-corrected chi connectivity index (χ4v) is 2.55. The van der Waals surface area contributed by atoms with Gasteiger partial charge in [0.1, 0.15) is 6.61 Å². The quantitative estimate of drug-likeness (QED) is 0.654. The Kier molecular flexibility index (Phi) is 4.16. The van der Waals surface area contributed by atoms with Crippen LogP contribution in [0.2, 0.25) is 0 Å². The number of anilines is 1. The largest absolute Gasteiger partial charge is 0.485 e. The normalized spacial score (nSPS) is 15.8. The van der Waals surface area contributed by atoms with Crippen molar-refractivity contribution in [2.24, 2.45) is 0 Å². The number of carbonyl (C=O) groups excluding carboxylic acids is 1. The first-order chi connectivity index (χ1) is 11.0. The van der Waals surface area contributed by atoms with Gasteiger partial charge in [-0.1, -0.05) is 12.1 Å². The highest BCUT2D eigenvalue weighted by Crippen LogP contribution is 2.32. The number of halogens is 1. The van der Waals surface area contributed by atoms with Crippen LogP contribution in [-0.4, -0.2) is 23.5 Å². The second kappa shape index (κ2) is 6.25. The summed E-state index contributed by atoms with van der Waals surface area (Å²) in [5.41, 5.74) is 0.351. The molecule has 1 N–H and O–H groups in total. The Balaban J connectivity index is 1.72. The minimum atomic E-state index is -0.799. The van der Waals surface area contributed by atoms with E-state index in [-0.39, 0.29) is 12.3 Å². The summed E-state index contributed by atoms with van der Waals surface area (Å²) in [7, 11) is 0. The molecule has 0 saturated heterocycles. The maximum Gasteiger partial charge on any atom is 0.270 e. The van der Waals surface area contributed by atoms with E-state index in [9.17, 15) is 14.9 Å². The summed E-state index contributed by atoms with van der Waals surface area (Å²) in [5.74, 6) is 0.698. The van der Waals surface area contributed by atoms with Crippen molar-refractivity contribution in [3.63, 3.8) is 0 Å². The van der Waals surface area contributed by atoms with E-state index in [1.807, 2.05) is 6.07 Å². The van der Waals surface area contributed by atoms with Crippen LogP contribution in [0.15, 0.2) is 46.9 Å². The van der Waals surface area contributed by atoms with E-state index in [2.05, 4.69) is 21.2 Å². The van der Waals surface area contributed by atoms with Crippen molar-refractivity contribution in [3.8, 4) is 11.5 Å². The fourth-order valence-electron chi connectivity index (χ4n) is 2.08. The maximum absolute atomic E-state index is 12.3. The van der Waals surface area contributed by atoms with E-state index >= 15 is 0 Å². The van der Waals surface area contributed by atoms with E-state index in [0.717, 1.165) is 0 Å². The molecule has 23 heavy (non-hydrogen) atoms. The zero-order chi connectivity index (χ0) is 16.4. The average Bonchev–Trinajstić information content (AvgIpc) is 2.56. The number of fused-ring (bicyclic) bond motifs is 1. The molecule has 1 aliphatic heterocycles. The summed E-state index contributed by atoms with van der Waals surface area (Å²) in [6.07, 6.45) is -0.799. The minimum Gasteiger partial charge on any atom is -0.485 e. The second-order valence-corrected chi connectivity index (χ2v) is 5.63. The zero-order valence-corrected chi connectivity index (χ0v) is 13.3. The summed E-state index contributed by atoms with van der Waals surface area (Å²) in [4.78, 5) is 22.5. The molecule has 2 aromatic carbocycles. The fraction of sp³-hybridized carbons (Fsp3) is 0.133. The first-order valence-electron chi connectivity index (χ1n) is 6.68. The minimum absolute atomic E-state index is 0.0685. The van der Waals surface area contributed by atoms with Crippen LogP contribution in [0.4, 0.5) is 11.4 Å². The number of non-ortho nitro benzene ring substituents is 1. The van der Waals surface area contributed by atoms with Crippen LogP contribution in [0.25, 0.3) is 0 Å². The number of rotatable bonds is 3. The molecule has 2 aromatic rings. The second-order valence-electron chi connectivity index (χ2n) is 4.77. The molecule has 1 aliphatic rings. The van der Waals surface area contributed by atoms with Crippen molar-refractivity contribution in [1.29, 1.82) is 0 Å². The van der Waals surface area contributed by atoms with Gasteiger partial charge in [0.05, 0.1) is 10.6 Å². The van der Waals surface area contributed by atoms with Gasteiger partial charge in [-0.25, -0.2) is 0 Å². The number of benzene rings is 2. The van der Waals surface area contributed by atoms with Gasteiger partial charge in [0.25, 0.3) is 11.6 Å². The van der Waals surface area contributed by atoms with Crippen molar-refractivity contribution in [2.75, 3.05) is 11.9 Å². The standard InChI is InChI=1S/C15H11BrN2O5/c16-10-7-9(18(20)21)5-6-11(10)17-15(19)14-8-22-12-3-1-2-4-13(12)23-14/h1-7,14H,8H2,(H,17,19)/t14-/m1/s1. The van der Waals surface area contributed by atoms with E-state index < -0.39 is 16.9 Å². The summed E-state index contributed by atoms with van der Waals surface area (Å²) in [6, 6.07) is 11.2. The lowest BCUT2D eigenvalue weighted by Crippen LogP contribution is -2.40. The number of nitro benzene ring substituents is 1. The molecular formula is C15H11BrN2O5. The molecule has 1 atom stereocenters. The van der Waals surface area contributed by atoms with Gasteiger partial charge in [0.2, 0.25) is 6.10 Å². The maximum atomic E-state index is 12.3. The first kappa shape index (κ1) is 15.3. The number of amides is 1.